The molecule has 0 bridgehead atoms. The first-order valence-corrected chi connectivity index (χ1v) is 13.1. The fourth-order valence-electron chi connectivity index (χ4n) is 4.36. The second-order valence-electron chi connectivity index (χ2n) is 8.94. The van der Waals surface area contributed by atoms with E-state index in [1.807, 2.05) is 18.2 Å². The number of hydrogen-bond donors (Lipinski definition) is 2. The Morgan fingerprint density at radius 2 is 2.00 bits per heavy atom. The monoisotopic (exact) mass is 481 g/mol. The largest absolute Gasteiger partial charge is 0.365 e. The van der Waals surface area contributed by atoms with Crippen molar-refractivity contribution in [2.24, 2.45) is 11.7 Å². The van der Waals surface area contributed by atoms with Crippen molar-refractivity contribution < 1.29 is 9.59 Å². The van der Waals surface area contributed by atoms with Crippen LogP contribution in [0.15, 0.2) is 35.5 Å². The molecule has 1 saturated carbocycles. The van der Waals surface area contributed by atoms with Gasteiger partial charge in [-0.25, -0.2) is 0 Å². The number of primary amides is 1. The smallest absolute Gasteiger partial charge is 0.251 e. The van der Waals surface area contributed by atoms with Crippen LogP contribution in [0.3, 0.4) is 0 Å². The highest BCUT2D eigenvalue weighted by molar-refractivity contribution is 7.99. The van der Waals surface area contributed by atoms with Crippen molar-refractivity contribution in [1.82, 2.24) is 14.8 Å². The molecule has 3 N–H and O–H groups in total. The normalized spacial score (nSPS) is 17.5. The maximum Gasteiger partial charge on any atom is 0.251 e. The topological polar surface area (TPSA) is 103 Å². The van der Waals surface area contributed by atoms with Crippen molar-refractivity contribution in [3.8, 4) is 0 Å². The number of nitrogens with zero attached hydrogens (tertiary/aromatic N) is 3. The molecular weight excluding hydrogens is 454 g/mol. The minimum atomic E-state index is -0.471. The maximum atomic E-state index is 12.8. The molecule has 2 heterocycles. The zero-order valence-electron chi connectivity index (χ0n) is 18.5. The van der Waals surface area contributed by atoms with Crippen LogP contribution in [0.5, 0.6) is 0 Å². The number of nitrogens with two attached hydrogens (primary N) is 1. The number of anilines is 1. The first-order valence-electron chi connectivity index (χ1n) is 11.3. The molecular formula is C24H27N5O2S2. The summed E-state index contributed by atoms with van der Waals surface area (Å²) in [4.78, 5) is 26.1. The molecule has 7 nitrogen and oxygen atoms in total. The Bertz CT molecular complexity index is 1180. The van der Waals surface area contributed by atoms with Gasteiger partial charge in [-0.15, -0.1) is 21.5 Å². The number of carbonyl (C=O) groups is 2. The fourth-order valence-corrected chi connectivity index (χ4v) is 6.53. The fraction of sp³-hybridized carbons (Fsp3) is 0.417. The van der Waals surface area contributed by atoms with Crippen molar-refractivity contribution >= 4 is 39.9 Å². The number of hydrogen-bond acceptors (Lipinski definition) is 6. The van der Waals surface area contributed by atoms with Gasteiger partial charge in [0, 0.05) is 10.8 Å². The molecule has 2 aliphatic carbocycles. The van der Waals surface area contributed by atoms with Gasteiger partial charge in [-0.2, -0.15) is 0 Å². The summed E-state index contributed by atoms with van der Waals surface area (Å²) < 4.78 is 2.13. The van der Waals surface area contributed by atoms with Crippen LogP contribution in [0.25, 0.3) is 0 Å². The van der Waals surface area contributed by atoms with Crippen LogP contribution in [0.4, 0.5) is 5.00 Å². The van der Waals surface area contributed by atoms with Crippen LogP contribution in [0.1, 0.15) is 64.3 Å². The van der Waals surface area contributed by atoms with E-state index in [0.717, 1.165) is 48.6 Å². The summed E-state index contributed by atoms with van der Waals surface area (Å²) in [5, 5.41) is 13.1. The quantitative estimate of drug-likeness (QED) is 0.469. The highest BCUT2D eigenvalue weighted by Crippen LogP contribution is 2.41. The molecule has 33 heavy (non-hydrogen) atoms. The minimum Gasteiger partial charge on any atom is -0.365 e. The van der Waals surface area contributed by atoms with E-state index in [1.165, 1.54) is 33.5 Å². The van der Waals surface area contributed by atoms with Gasteiger partial charge in [0.2, 0.25) is 5.91 Å². The molecule has 0 spiro atoms. The predicted octanol–water partition coefficient (Wildman–Crippen LogP) is 4.22. The van der Waals surface area contributed by atoms with Gasteiger partial charge in [-0.3, -0.25) is 9.59 Å². The van der Waals surface area contributed by atoms with Gasteiger partial charge in [0.15, 0.2) is 5.16 Å². The van der Waals surface area contributed by atoms with Crippen molar-refractivity contribution in [2.75, 3.05) is 11.1 Å². The first-order chi connectivity index (χ1) is 16.0. The third-order valence-corrected chi connectivity index (χ3v) is 8.35. The van der Waals surface area contributed by atoms with Crippen molar-refractivity contribution in [1.29, 1.82) is 0 Å². The molecule has 0 aliphatic heterocycles. The molecule has 2 aromatic heterocycles. The summed E-state index contributed by atoms with van der Waals surface area (Å²) in [7, 11) is 0. The van der Waals surface area contributed by atoms with Gasteiger partial charge in [0.1, 0.15) is 10.8 Å². The van der Waals surface area contributed by atoms with Gasteiger partial charge in [0.25, 0.3) is 5.91 Å². The second-order valence-corrected chi connectivity index (χ2v) is 11.0. The molecule has 9 heteroatoms. The lowest BCUT2D eigenvalue weighted by molar-refractivity contribution is -0.113. The Hall–Kier alpha value is -2.65. The van der Waals surface area contributed by atoms with Crippen LogP contribution in [-0.4, -0.2) is 32.3 Å². The third-order valence-electron chi connectivity index (χ3n) is 6.21. The number of fused-ring (bicyclic) bond motifs is 1. The molecule has 0 radical (unpaired) electrons. The lowest BCUT2D eigenvalue weighted by atomic mass is 9.88. The number of thioether (sulfide) groups is 1. The summed E-state index contributed by atoms with van der Waals surface area (Å²) in [5.41, 5.74) is 8.36. The lowest BCUT2D eigenvalue weighted by Gasteiger charge is -2.18. The molecule has 0 saturated heterocycles. The van der Waals surface area contributed by atoms with E-state index < -0.39 is 5.91 Å². The van der Waals surface area contributed by atoms with Crippen LogP contribution in [0.2, 0.25) is 0 Å². The molecule has 3 aromatic rings. The number of rotatable bonds is 8. The summed E-state index contributed by atoms with van der Waals surface area (Å²) in [6.07, 6.45) is 5.07. The second kappa shape index (κ2) is 9.30. The van der Waals surface area contributed by atoms with Crippen molar-refractivity contribution in [3.63, 3.8) is 0 Å². The minimum absolute atomic E-state index is 0.170. The third kappa shape index (κ3) is 4.84. The van der Waals surface area contributed by atoms with E-state index in [0.29, 0.717) is 28.9 Å². The molecule has 0 unspecified atom stereocenters. The van der Waals surface area contributed by atoms with Crippen LogP contribution < -0.4 is 11.1 Å². The summed E-state index contributed by atoms with van der Waals surface area (Å²) in [5.74, 6) is 1.58. The number of thiophene rings is 1. The molecule has 172 valence electrons. The highest BCUT2D eigenvalue weighted by atomic mass is 32.2. The molecule has 1 aromatic carbocycles. The van der Waals surface area contributed by atoms with Gasteiger partial charge in [-0.1, -0.05) is 49.0 Å². The Kier molecular flexibility index (Phi) is 6.25. The van der Waals surface area contributed by atoms with E-state index in [9.17, 15) is 9.59 Å². The standard InChI is InChI=1S/C24H27N5O2S2/c1-14-7-10-17-18(11-14)33-23(20(17)21(25)31)26-19(30)13-32-24-28-27-22(16-8-9-16)29(24)12-15-5-3-2-4-6-15/h2-6,14,16H,7-13H2,1H3,(H2,25,31)(H,26,30)/t14-/m0/s1. The molecule has 2 aliphatic rings. The highest BCUT2D eigenvalue weighted by Gasteiger charge is 2.31. The van der Waals surface area contributed by atoms with E-state index >= 15 is 0 Å². The zero-order chi connectivity index (χ0) is 22.9. The first kappa shape index (κ1) is 22.2. The number of benzene rings is 1. The Morgan fingerprint density at radius 1 is 1.21 bits per heavy atom. The average Bonchev–Trinajstić information content (AvgIpc) is 3.46. The van der Waals surface area contributed by atoms with Gasteiger partial charge in [-0.05, 0) is 49.1 Å². The number of aromatic nitrogens is 3. The van der Waals surface area contributed by atoms with E-state index in [1.54, 1.807) is 0 Å². The van der Waals surface area contributed by atoms with Gasteiger partial charge >= 0.3 is 0 Å². The summed E-state index contributed by atoms with van der Waals surface area (Å²) >= 11 is 2.86. The molecule has 1 atom stereocenters. The van der Waals surface area contributed by atoms with Gasteiger partial charge in [0.05, 0.1) is 17.9 Å². The summed E-state index contributed by atoms with van der Waals surface area (Å²) in [6.45, 7) is 2.90. The Labute approximate surface area is 201 Å². The van der Waals surface area contributed by atoms with Crippen LogP contribution in [-0.2, 0) is 24.2 Å². The average molecular weight is 482 g/mol. The number of amides is 2. The molecule has 1 fully saturated rings. The number of nitrogens with one attached hydrogen (secondary N) is 1. The van der Waals surface area contributed by atoms with E-state index in [2.05, 4.69) is 39.1 Å². The van der Waals surface area contributed by atoms with Crippen molar-refractivity contribution in [2.45, 2.75) is 56.6 Å². The molecule has 5 rings (SSSR count). The SMILES string of the molecule is C[C@H]1CCc2c(sc(NC(=O)CSc3nnc(C4CC4)n3Cc3ccccc3)c2C(N)=O)C1. The van der Waals surface area contributed by atoms with Crippen LogP contribution in [0, 0.1) is 5.92 Å². The lowest BCUT2D eigenvalue weighted by Crippen LogP contribution is -2.20. The maximum absolute atomic E-state index is 12.8. The Morgan fingerprint density at radius 3 is 2.73 bits per heavy atom. The van der Waals surface area contributed by atoms with Crippen LogP contribution >= 0.6 is 23.1 Å². The van der Waals surface area contributed by atoms with E-state index in [-0.39, 0.29) is 11.7 Å². The van der Waals surface area contributed by atoms with Gasteiger partial charge < -0.3 is 15.6 Å². The molecule has 2 amide bonds. The predicted molar refractivity (Wildman–Crippen MR) is 131 cm³/mol. The van der Waals surface area contributed by atoms with E-state index in [4.69, 9.17) is 5.73 Å². The Balaban J connectivity index is 1.30. The zero-order valence-corrected chi connectivity index (χ0v) is 20.2. The van der Waals surface area contributed by atoms with Crippen molar-refractivity contribution in [3.05, 3.63) is 57.7 Å². The number of carbonyl (C=O) groups excluding carboxylic acids is 2. The summed E-state index contributed by atoms with van der Waals surface area (Å²) in [6, 6.07) is 10.2.